The molecular weight excluding hydrogens is 503 g/mol. The maximum Gasteiger partial charge on any atom is 0.472 e. The van der Waals surface area contributed by atoms with Crippen LogP contribution < -0.4 is 11.1 Å². The number of hydrogen-bond donors (Lipinski definition) is 4. The number of allylic oxidation sites excluding steroid dienone is 5. The molecule has 0 rings (SSSR count). The van der Waals surface area contributed by atoms with Crippen molar-refractivity contribution < 1.29 is 28.4 Å². The molecule has 5 N–H and O–H groups in total. The summed E-state index contributed by atoms with van der Waals surface area (Å²) in [6, 6.07) is -0.875. The van der Waals surface area contributed by atoms with Crippen molar-refractivity contribution in [2.45, 2.75) is 122 Å². The molecule has 0 aromatic heterocycles. The minimum absolute atomic E-state index is 0.0714. The number of unbranched alkanes of at least 4 members (excludes halogenated alkanes) is 10. The maximum absolute atomic E-state index is 12.5. The van der Waals surface area contributed by atoms with Gasteiger partial charge >= 0.3 is 7.82 Å². The maximum atomic E-state index is 12.5. The minimum atomic E-state index is -4.32. The summed E-state index contributed by atoms with van der Waals surface area (Å²) in [6.45, 7) is 3.94. The molecule has 0 radical (unpaired) electrons. The van der Waals surface area contributed by atoms with Crippen LogP contribution in [0.25, 0.3) is 0 Å². The second-order valence-electron chi connectivity index (χ2n) is 9.59. The number of aliphatic hydroxyl groups is 1. The average molecular weight is 559 g/mol. The minimum Gasteiger partial charge on any atom is -0.387 e. The molecule has 0 heterocycles. The van der Waals surface area contributed by atoms with Crippen LogP contribution in [0, 0.1) is 0 Å². The summed E-state index contributed by atoms with van der Waals surface area (Å²) in [4.78, 5) is 22.3. The number of hydrogen-bond acceptors (Lipinski definition) is 6. The number of nitrogens with two attached hydrogens (primary N) is 1. The van der Waals surface area contributed by atoms with E-state index in [1.807, 2.05) is 6.08 Å². The van der Waals surface area contributed by atoms with Gasteiger partial charge in [0.25, 0.3) is 0 Å². The van der Waals surface area contributed by atoms with E-state index >= 15 is 0 Å². The molecule has 38 heavy (non-hydrogen) atoms. The fourth-order valence-electron chi connectivity index (χ4n) is 3.64. The second-order valence-corrected chi connectivity index (χ2v) is 11.0. The number of phosphoric ester groups is 1. The third kappa shape index (κ3) is 23.8. The standard InChI is InChI=1S/C29H55N2O6P/c1-3-5-7-9-11-13-14-15-17-19-21-23-29(33)31-27(26-37-38(34,35)36-25-24-30)28(32)22-20-18-16-12-10-8-6-4-2/h9-12,20,22,27-28,32H,3-8,13-19,21,23-26,30H2,1-2H3,(H,31,33)(H,34,35)/b11-9-,12-10+,22-20+. The summed E-state index contributed by atoms with van der Waals surface area (Å²) in [7, 11) is -4.32. The van der Waals surface area contributed by atoms with Crippen LogP contribution in [0.1, 0.15) is 110 Å². The Labute approximate surface area is 231 Å². The zero-order valence-corrected chi connectivity index (χ0v) is 24.8. The third-order valence-corrected chi connectivity index (χ3v) is 6.92. The van der Waals surface area contributed by atoms with Crippen LogP contribution in [0.4, 0.5) is 0 Å². The molecule has 0 aliphatic heterocycles. The zero-order chi connectivity index (χ0) is 28.3. The summed E-state index contributed by atoms with van der Waals surface area (Å²) in [6.07, 6.45) is 26.3. The van der Waals surface area contributed by atoms with E-state index in [0.717, 1.165) is 64.2 Å². The fourth-order valence-corrected chi connectivity index (χ4v) is 4.40. The average Bonchev–Trinajstić information content (AvgIpc) is 2.89. The summed E-state index contributed by atoms with van der Waals surface area (Å²) in [5.41, 5.74) is 5.31. The fraction of sp³-hybridized carbons (Fsp3) is 0.759. The second kappa shape index (κ2) is 26.0. The Morgan fingerprint density at radius 1 is 0.842 bits per heavy atom. The molecule has 0 aliphatic rings. The molecule has 0 aliphatic carbocycles. The van der Waals surface area contributed by atoms with Crippen molar-refractivity contribution in [2.24, 2.45) is 5.73 Å². The van der Waals surface area contributed by atoms with E-state index < -0.39 is 20.0 Å². The summed E-state index contributed by atoms with van der Waals surface area (Å²) >= 11 is 0. The largest absolute Gasteiger partial charge is 0.472 e. The number of carbonyl (C=O) groups is 1. The van der Waals surface area contributed by atoms with Crippen LogP contribution in [0.15, 0.2) is 36.5 Å². The first-order valence-electron chi connectivity index (χ1n) is 14.6. The molecule has 222 valence electrons. The van der Waals surface area contributed by atoms with Gasteiger partial charge in [0.2, 0.25) is 5.91 Å². The van der Waals surface area contributed by atoms with Gasteiger partial charge in [-0.1, -0.05) is 95.2 Å². The molecule has 8 nitrogen and oxygen atoms in total. The highest BCUT2D eigenvalue weighted by molar-refractivity contribution is 7.47. The summed E-state index contributed by atoms with van der Waals surface area (Å²) in [5, 5.41) is 13.4. The van der Waals surface area contributed by atoms with Crippen LogP contribution in [-0.4, -0.2) is 47.8 Å². The summed E-state index contributed by atoms with van der Waals surface area (Å²) in [5.74, 6) is -0.223. The van der Waals surface area contributed by atoms with Crippen LogP contribution >= 0.6 is 7.82 Å². The van der Waals surface area contributed by atoms with E-state index in [1.54, 1.807) is 6.08 Å². The van der Waals surface area contributed by atoms with Gasteiger partial charge in [0.05, 0.1) is 25.4 Å². The van der Waals surface area contributed by atoms with Crippen molar-refractivity contribution in [3.05, 3.63) is 36.5 Å². The number of carbonyl (C=O) groups excluding carboxylic acids is 1. The Hall–Kier alpha value is -1.28. The first kappa shape index (κ1) is 36.7. The van der Waals surface area contributed by atoms with Crippen molar-refractivity contribution in [2.75, 3.05) is 19.8 Å². The van der Waals surface area contributed by atoms with Crippen LogP contribution in [0.2, 0.25) is 0 Å². The van der Waals surface area contributed by atoms with E-state index in [9.17, 15) is 19.4 Å². The molecule has 0 saturated heterocycles. The Kier molecular flexibility index (Phi) is 25.1. The molecular formula is C29H55N2O6P. The highest BCUT2D eigenvalue weighted by atomic mass is 31.2. The molecule has 9 heteroatoms. The first-order chi connectivity index (χ1) is 18.4. The van der Waals surface area contributed by atoms with E-state index in [2.05, 4.69) is 43.5 Å². The van der Waals surface area contributed by atoms with Crippen molar-refractivity contribution in [1.29, 1.82) is 0 Å². The molecule has 0 aromatic rings. The van der Waals surface area contributed by atoms with Gasteiger partial charge in [0.15, 0.2) is 0 Å². The molecule has 3 atom stereocenters. The Morgan fingerprint density at radius 2 is 1.39 bits per heavy atom. The molecule has 0 saturated carbocycles. The smallest absolute Gasteiger partial charge is 0.387 e. The summed E-state index contributed by atoms with van der Waals surface area (Å²) < 4.78 is 21.8. The third-order valence-electron chi connectivity index (χ3n) is 5.94. The number of aliphatic hydroxyl groups excluding tert-OH is 1. The topological polar surface area (TPSA) is 131 Å². The van der Waals surface area contributed by atoms with Crippen molar-refractivity contribution in [3.63, 3.8) is 0 Å². The molecule has 0 bridgehead atoms. The molecule has 1 amide bonds. The van der Waals surface area contributed by atoms with E-state index in [4.69, 9.17) is 14.8 Å². The lowest BCUT2D eigenvalue weighted by molar-refractivity contribution is -0.123. The quantitative estimate of drug-likeness (QED) is 0.0542. The lowest BCUT2D eigenvalue weighted by atomic mass is 10.1. The number of phosphoric acid groups is 1. The van der Waals surface area contributed by atoms with Crippen molar-refractivity contribution >= 4 is 13.7 Å². The van der Waals surface area contributed by atoms with Crippen LogP contribution in [0.5, 0.6) is 0 Å². The lowest BCUT2D eigenvalue weighted by Gasteiger charge is -2.23. The van der Waals surface area contributed by atoms with Crippen molar-refractivity contribution in [1.82, 2.24) is 5.32 Å². The van der Waals surface area contributed by atoms with E-state index in [-0.39, 0.29) is 25.7 Å². The van der Waals surface area contributed by atoms with Gasteiger partial charge in [-0.3, -0.25) is 13.8 Å². The predicted molar refractivity (Wildman–Crippen MR) is 157 cm³/mol. The normalized spacial score (nSPS) is 15.4. The zero-order valence-electron chi connectivity index (χ0n) is 23.9. The van der Waals surface area contributed by atoms with Crippen LogP contribution in [0.3, 0.4) is 0 Å². The van der Waals surface area contributed by atoms with Gasteiger partial charge in [-0.15, -0.1) is 0 Å². The van der Waals surface area contributed by atoms with Gasteiger partial charge in [-0.25, -0.2) is 4.57 Å². The molecule has 0 aromatic carbocycles. The highest BCUT2D eigenvalue weighted by Gasteiger charge is 2.26. The van der Waals surface area contributed by atoms with Gasteiger partial charge in [0, 0.05) is 13.0 Å². The Balaban J connectivity index is 4.53. The molecule has 3 unspecified atom stereocenters. The van der Waals surface area contributed by atoms with Gasteiger partial charge < -0.3 is 21.1 Å². The van der Waals surface area contributed by atoms with Gasteiger partial charge in [-0.2, -0.15) is 0 Å². The Bertz CT molecular complexity index is 699. The van der Waals surface area contributed by atoms with Gasteiger partial charge in [-0.05, 0) is 44.9 Å². The SMILES string of the molecule is CCCC/C=C\CCCCCCCC(=O)NC(COP(=O)(O)OCCN)C(O)/C=C/CC/C=C/CCCC. The van der Waals surface area contributed by atoms with E-state index in [1.165, 1.54) is 25.7 Å². The Morgan fingerprint density at radius 3 is 2.03 bits per heavy atom. The number of amides is 1. The van der Waals surface area contributed by atoms with Crippen molar-refractivity contribution in [3.8, 4) is 0 Å². The van der Waals surface area contributed by atoms with E-state index in [0.29, 0.717) is 6.42 Å². The monoisotopic (exact) mass is 558 g/mol. The number of nitrogens with one attached hydrogen (secondary N) is 1. The van der Waals surface area contributed by atoms with Crippen LogP contribution in [-0.2, 0) is 18.4 Å². The highest BCUT2D eigenvalue weighted by Crippen LogP contribution is 2.43. The lowest BCUT2D eigenvalue weighted by Crippen LogP contribution is -2.45. The molecule has 0 spiro atoms. The first-order valence-corrected chi connectivity index (χ1v) is 16.1. The number of rotatable bonds is 26. The predicted octanol–water partition coefficient (Wildman–Crippen LogP) is 6.48. The van der Waals surface area contributed by atoms with Gasteiger partial charge in [0.1, 0.15) is 0 Å². The molecule has 0 fully saturated rings.